The summed E-state index contributed by atoms with van der Waals surface area (Å²) in [6, 6.07) is 9.12. The topological polar surface area (TPSA) is 92.8 Å². The summed E-state index contributed by atoms with van der Waals surface area (Å²) >= 11 is 0. The molecule has 0 saturated carbocycles. The predicted molar refractivity (Wildman–Crippen MR) is 88.9 cm³/mol. The van der Waals surface area contributed by atoms with Crippen molar-refractivity contribution in [3.63, 3.8) is 0 Å². The fourth-order valence-electron chi connectivity index (χ4n) is 2.43. The molecule has 1 aliphatic heterocycles. The van der Waals surface area contributed by atoms with Crippen LogP contribution in [-0.2, 0) is 30.8 Å². The number of sulfone groups is 1. The Hall–Kier alpha value is -1.93. The van der Waals surface area contributed by atoms with Crippen molar-refractivity contribution in [2.75, 3.05) is 31.7 Å². The third kappa shape index (κ3) is 5.93. The Morgan fingerprint density at radius 3 is 2.62 bits per heavy atom. The van der Waals surface area contributed by atoms with Gasteiger partial charge in [-0.15, -0.1) is 0 Å². The van der Waals surface area contributed by atoms with Crippen molar-refractivity contribution in [2.24, 2.45) is 0 Å². The number of nitrogens with one attached hydrogen (secondary N) is 1. The third-order valence-electron chi connectivity index (χ3n) is 3.74. The molecule has 0 unspecified atom stereocenters. The van der Waals surface area contributed by atoms with Crippen LogP contribution < -0.4 is 5.32 Å². The van der Waals surface area contributed by atoms with Gasteiger partial charge in [-0.05, 0) is 12.0 Å². The van der Waals surface area contributed by atoms with E-state index in [4.69, 9.17) is 4.74 Å². The van der Waals surface area contributed by atoms with Gasteiger partial charge >= 0.3 is 0 Å². The van der Waals surface area contributed by atoms with Gasteiger partial charge in [0.15, 0.2) is 9.84 Å². The highest BCUT2D eigenvalue weighted by Crippen LogP contribution is 2.11. The lowest BCUT2D eigenvalue weighted by atomic mass is 10.2. The van der Waals surface area contributed by atoms with Crippen LogP contribution in [0, 0.1) is 0 Å². The van der Waals surface area contributed by atoms with E-state index in [0.29, 0.717) is 13.0 Å². The molecule has 1 aliphatic rings. The summed E-state index contributed by atoms with van der Waals surface area (Å²) in [5.41, 5.74) is 0.966. The quantitative estimate of drug-likeness (QED) is 0.742. The highest BCUT2D eigenvalue weighted by Gasteiger charge is 2.29. The zero-order valence-corrected chi connectivity index (χ0v) is 14.4. The van der Waals surface area contributed by atoms with Crippen molar-refractivity contribution >= 4 is 21.7 Å². The molecular formula is C16H22N2O5S. The first-order chi connectivity index (χ1) is 11.4. The summed E-state index contributed by atoms with van der Waals surface area (Å²) in [7, 11) is -1.53. The van der Waals surface area contributed by atoms with E-state index in [2.05, 4.69) is 5.32 Å². The number of carbonyl (C=O) groups is 2. The van der Waals surface area contributed by atoms with E-state index in [1.807, 2.05) is 30.3 Å². The van der Waals surface area contributed by atoms with E-state index in [1.165, 1.54) is 11.9 Å². The molecule has 2 amide bonds. The Balaban J connectivity index is 1.68. The van der Waals surface area contributed by atoms with Crippen molar-refractivity contribution in [1.29, 1.82) is 0 Å². The van der Waals surface area contributed by atoms with Crippen molar-refractivity contribution in [3.8, 4) is 0 Å². The van der Waals surface area contributed by atoms with E-state index >= 15 is 0 Å². The first-order valence-electron chi connectivity index (χ1n) is 7.71. The van der Waals surface area contributed by atoms with Gasteiger partial charge in [0.05, 0.1) is 24.7 Å². The van der Waals surface area contributed by atoms with Crippen molar-refractivity contribution < 1.29 is 22.7 Å². The molecule has 0 radical (unpaired) electrons. The van der Waals surface area contributed by atoms with Gasteiger partial charge < -0.3 is 15.0 Å². The van der Waals surface area contributed by atoms with E-state index in [0.717, 1.165) is 5.56 Å². The van der Waals surface area contributed by atoms with Gasteiger partial charge in [-0.3, -0.25) is 9.59 Å². The van der Waals surface area contributed by atoms with Crippen LogP contribution in [0.4, 0.5) is 0 Å². The van der Waals surface area contributed by atoms with Crippen LogP contribution in [0.1, 0.15) is 12.0 Å². The number of nitrogens with zero attached hydrogens (tertiary/aromatic N) is 1. The van der Waals surface area contributed by atoms with Gasteiger partial charge in [0.25, 0.3) is 0 Å². The number of carbonyl (C=O) groups excluding carboxylic acids is 2. The summed E-state index contributed by atoms with van der Waals surface area (Å²) in [5, 5.41) is 2.65. The molecule has 2 rings (SSSR count). The smallest absolute Gasteiger partial charge is 0.248 e. The monoisotopic (exact) mass is 354 g/mol. The summed E-state index contributed by atoms with van der Waals surface area (Å²) in [6.45, 7) is 0.0904. The number of ether oxygens (including phenoxy) is 1. The van der Waals surface area contributed by atoms with Crippen LogP contribution in [0.15, 0.2) is 30.3 Å². The Morgan fingerprint density at radius 2 is 2.00 bits per heavy atom. The molecule has 1 aromatic carbocycles. The van der Waals surface area contributed by atoms with Crippen LogP contribution in [0.3, 0.4) is 0 Å². The first kappa shape index (κ1) is 18.4. The Labute approximate surface area is 141 Å². The molecule has 1 N–H and O–H groups in total. The molecule has 1 aromatic rings. The van der Waals surface area contributed by atoms with Crippen LogP contribution in [0.2, 0.25) is 0 Å². The van der Waals surface area contributed by atoms with Gasteiger partial charge in [-0.25, -0.2) is 8.42 Å². The van der Waals surface area contributed by atoms with Crippen molar-refractivity contribution in [2.45, 2.75) is 19.1 Å². The van der Waals surface area contributed by atoms with Crippen molar-refractivity contribution in [1.82, 2.24) is 10.2 Å². The van der Waals surface area contributed by atoms with Gasteiger partial charge in [0.2, 0.25) is 11.8 Å². The largest absolute Gasteiger partial charge is 0.367 e. The summed E-state index contributed by atoms with van der Waals surface area (Å²) < 4.78 is 28.1. The molecule has 132 valence electrons. The highest BCUT2D eigenvalue weighted by molar-refractivity contribution is 7.91. The van der Waals surface area contributed by atoms with E-state index < -0.39 is 9.84 Å². The Kier molecular flexibility index (Phi) is 6.33. The maximum atomic E-state index is 11.9. The second-order valence-electron chi connectivity index (χ2n) is 5.90. The fraction of sp³-hybridized carbons (Fsp3) is 0.500. The number of likely N-dealkylation sites (N-methyl/N-ethyl adjacent to an activating group) is 1. The number of hydrogen-bond acceptors (Lipinski definition) is 5. The van der Waals surface area contributed by atoms with Crippen molar-refractivity contribution in [3.05, 3.63) is 35.9 Å². The predicted octanol–water partition coefficient (Wildman–Crippen LogP) is -0.0351. The van der Waals surface area contributed by atoms with Crippen LogP contribution in [0.5, 0.6) is 0 Å². The number of amides is 2. The van der Waals surface area contributed by atoms with Crippen LogP contribution in [0.25, 0.3) is 0 Å². The minimum absolute atomic E-state index is 0.0312. The molecule has 8 heteroatoms. The standard InChI is InChI=1S/C16H22N2O5S/c1-18(9-15(19)17-14-7-8-24(21,22)12-14)16(20)11-23-10-13-5-3-2-4-6-13/h2-6,14H,7-12H2,1H3,(H,17,19)/t14-/m1/s1. The lowest BCUT2D eigenvalue weighted by Gasteiger charge is -2.18. The number of benzene rings is 1. The van der Waals surface area contributed by atoms with E-state index in [-0.39, 0.29) is 42.5 Å². The summed E-state index contributed by atoms with van der Waals surface area (Å²) in [4.78, 5) is 25.1. The molecular weight excluding hydrogens is 332 g/mol. The molecule has 1 heterocycles. The maximum absolute atomic E-state index is 11.9. The van der Waals surface area contributed by atoms with Crippen LogP contribution >= 0.6 is 0 Å². The number of hydrogen-bond donors (Lipinski definition) is 1. The normalized spacial score (nSPS) is 19.0. The summed E-state index contributed by atoms with van der Waals surface area (Å²) in [6.07, 6.45) is 0.423. The van der Waals surface area contributed by atoms with Gasteiger partial charge in [0.1, 0.15) is 6.61 Å². The first-order valence-corrected chi connectivity index (χ1v) is 9.53. The van der Waals surface area contributed by atoms with Gasteiger partial charge in [-0.2, -0.15) is 0 Å². The second-order valence-corrected chi connectivity index (χ2v) is 8.12. The Bertz CT molecular complexity index is 675. The molecule has 0 bridgehead atoms. The minimum Gasteiger partial charge on any atom is -0.367 e. The lowest BCUT2D eigenvalue weighted by Crippen LogP contribution is -2.44. The second kappa shape index (κ2) is 8.25. The molecule has 7 nitrogen and oxygen atoms in total. The molecule has 0 aromatic heterocycles. The molecule has 1 saturated heterocycles. The SMILES string of the molecule is CN(CC(=O)N[C@@H]1CCS(=O)(=O)C1)C(=O)COCc1ccccc1. The van der Waals surface area contributed by atoms with E-state index in [9.17, 15) is 18.0 Å². The molecule has 24 heavy (non-hydrogen) atoms. The fourth-order valence-corrected chi connectivity index (χ4v) is 4.10. The molecule has 0 aliphatic carbocycles. The van der Waals surface area contributed by atoms with E-state index in [1.54, 1.807) is 0 Å². The minimum atomic E-state index is -3.04. The lowest BCUT2D eigenvalue weighted by molar-refractivity contribution is -0.139. The maximum Gasteiger partial charge on any atom is 0.248 e. The average molecular weight is 354 g/mol. The molecule has 1 atom stereocenters. The molecule has 0 spiro atoms. The van der Waals surface area contributed by atoms with Crippen LogP contribution in [-0.4, -0.2) is 62.9 Å². The van der Waals surface area contributed by atoms with Gasteiger partial charge in [0, 0.05) is 13.1 Å². The Morgan fingerprint density at radius 1 is 1.29 bits per heavy atom. The molecule has 1 fully saturated rings. The van der Waals surface area contributed by atoms with Gasteiger partial charge in [-0.1, -0.05) is 30.3 Å². The average Bonchev–Trinajstić information content (AvgIpc) is 2.86. The summed E-state index contributed by atoms with van der Waals surface area (Å²) in [5.74, 6) is -0.604. The third-order valence-corrected chi connectivity index (χ3v) is 5.51. The number of rotatable bonds is 7. The highest BCUT2D eigenvalue weighted by atomic mass is 32.2. The zero-order valence-electron chi connectivity index (χ0n) is 13.6. The zero-order chi connectivity index (χ0) is 17.6.